The average Bonchev–Trinajstić information content (AvgIpc) is 3.24. The first-order valence-corrected chi connectivity index (χ1v) is 25.9. The van der Waals surface area contributed by atoms with Crippen LogP contribution in [-0.2, 0) is 14.3 Å². The van der Waals surface area contributed by atoms with Crippen LogP contribution in [0.4, 0.5) is 0 Å². The van der Waals surface area contributed by atoms with Crippen LogP contribution in [-0.4, -0.2) is 46.9 Å². The van der Waals surface area contributed by atoms with Gasteiger partial charge in [-0.15, -0.1) is 0 Å². The Morgan fingerprint density at radius 3 is 1.45 bits per heavy atom. The Bertz CT molecular complexity index is 1040. The van der Waals surface area contributed by atoms with E-state index in [4.69, 9.17) is 4.74 Å². The number of aliphatic hydroxyl groups excluding tert-OH is 2. The number of carbonyl (C=O) groups excluding carboxylic acids is 2. The maximum atomic E-state index is 13.2. The van der Waals surface area contributed by atoms with Crippen molar-refractivity contribution in [2.24, 2.45) is 0 Å². The van der Waals surface area contributed by atoms with E-state index in [1.54, 1.807) is 0 Å². The zero-order chi connectivity index (χ0) is 43.8. The standard InChI is InChI=1S/C54H99NO5/c1-4-7-10-13-16-19-21-23-25-27-29-31-34-37-40-43-46-52(57)51(49-56)55-53(58)48-50(45-42-39-36-33-18-15-12-9-6-3)60-54(59)47-44-41-38-35-32-30-28-26-24-22-20-17-14-11-8-5-2/h8,11,15,17-18,20,24,26,50-52,56-57H,4-7,9-10,12-14,16,19,21-23,25,27-49H2,1-3H3,(H,55,58)/b11-8+,18-15-,20-17+,26-24+. The lowest BCUT2D eigenvalue weighted by Crippen LogP contribution is -2.46. The van der Waals surface area contributed by atoms with Gasteiger partial charge >= 0.3 is 5.97 Å². The van der Waals surface area contributed by atoms with Crippen LogP contribution in [0.1, 0.15) is 258 Å². The van der Waals surface area contributed by atoms with E-state index in [1.165, 1.54) is 116 Å². The molecule has 0 aliphatic carbocycles. The highest BCUT2D eigenvalue weighted by Crippen LogP contribution is 2.18. The van der Waals surface area contributed by atoms with E-state index in [0.29, 0.717) is 19.3 Å². The predicted octanol–water partition coefficient (Wildman–Crippen LogP) is 15.5. The molecule has 0 aliphatic rings. The topological polar surface area (TPSA) is 95.9 Å². The van der Waals surface area contributed by atoms with Crippen molar-refractivity contribution in [1.29, 1.82) is 0 Å². The van der Waals surface area contributed by atoms with Gasteiger partial charge in [-0.3, -0.25) is 9.59 Å². The molecular formula is C54H99NO5. The van der Waals surface area contributed by atoms with E-state index in [9.17, 15) is 19.8 Å². The third kappa shape index (κ3) is 42.5. The molecule has 3 atom stereocenters. The Morgan fingerprint density at radius 1 is 0.500 bits per heavy atom. The molecule has 1 amide bonds. The largest absolute Gasteiger partial charge is 0.462 e. The number of ether oxygens (including phenoxy) is 1. The summed E-state index contributed by atoms with van der Waals surface area (Å²) in [6, 6.07) is -0.708. The van der Waals surface area contributed by atoms with Crippen molar-refractivity contribution in [3.05, 3.63) is 48.6 Å². The zero-order valence-corrected chi connectivity index (χ0v) is 39.8. The summed E-state index contributed by atoms with van der Waals surface area (Å²) in [6.07, 6.45) is 57.5. The SMILES string of the molecule is CC/C=C/C/C=C/C/C=C/CCCCCCCCC(=O)OC(CCCCC/C=C\CCCC)CC(=O)NC(CO)C(O)CCCCCCCCCCCCCCCCCC. The molecule has 3 unspecified atom stereocenters. The highest BCUT2D eigenvalue weighted by Gasteiger charge is 2.24. The molecule has 350 valence electrons. The number of nitrogens with one attached hydrogen (secondary N) is 1. The first-order valence-electron chi connectivity index (χ1n) is 25.9. The second kappa shape index (κ2) is 47.9. The van der Waals surface area contributed by atoms with Gasteiger partial charge in [0.2, 0.25) is 5.91 Å². The predicted molar refractivity (Wildman–Crippen MR) is 259 cm³/mol. The second-order valence-electron chi connectivity index (χ2n) is 17.5. The fraction of sp³-hybridized carbons (Fsp3) is 0.815. The molecule has 0 radical (unpaired) electrons. The number of hydrogen-bond donors (Lipinski definition) is 3. The van der Waals surface area contributed by atoms with Crippen LogP contribution in [0.5, 0.6) is 0 Å². The number of carbonyl (C=O) groups is 2. The minimum Gasteiger partial charge on any atom is -0.462 e. The Labute approximate surface area is 372 Å². The molecule has 0 fully saturated rings. The summed E-state index contributed by atoms with van der Waals surface area (Å²) >= 11 is 0. The molecule has 0 aromatic rings. The summed E-state index contributed by atoms with van der Waals surface area (Å²) in [5.41, 5.74) is 0. The van der Waals surface area contributed by atoms with Gasteiger partial charge in [0, 0.05) is 6.42 Å². The van der Waals surface area contributed by atoms with Crippen LogP contribution in [0.15, 0.2) is 48.6 Å². The van der Waals surface area contributed by atoms with E-state index in [-0.39, 0.29) is 24.9 Å². The summed E-state index contributed by atoms with van der Waals surface area (Å²) in [7, 11) is 0. The Hall–Kier alpha value is -2.18. The van der Waals surface area contributed by atoms with Gasteiger partial charge in [0.05, 0.1) is 25.2 Å². The fourth-order valence-electron chi connectivity index (χ4n) is 7.72. The molecule has 0 aromatic carbocycles. The summed E-state index contributed by atoms with van der Waals surface area (Å²) in [5.74, 6) is -0.502. The molecule has 0 spiro atoms. The molecule has 60 heavy (non-hydrogen) atoms. The van der Waals surface area contributed by atoms with Gasteiger partial charge in [0.1, 0.15) is 6.10 Å². The van der Waals surface area contributed by atoms with Crippen LogP contribution in [0.25, 0.3) is 0 Å². The third-order valence-electron chi connectivity index (χ3n) is 11.6. The second-order valence-corrected chi connectivity index (χ2v) is 17.5. The average molecular weight is 842 g/mol. The lowest BCUT2D eigenvalue weighted by atomic mass is 10.0. The number of allylic oxidation sites excluding steroid dienone is 8. The van der Waals surface area contributed by atoms with E-state index >= 15 is 0 Å². The molecule has 6 heteroatoms. The van der Waals surface area contributed by atoms with E-state index in [1.807, 2.05) is 0 Å². The molecule has 0 heterocycles. The monoisotopic (exact) mass is 842 g/mol. The van der Waals surface area contributed by atoms with Crippen LogP contribution >= 0.6 is 0 Å². The molecule has 0 aliphatic heterocycles. The third-order valence-corrected chi connectivity index (χ3v) is 11.6. The molecule has 0 saturated heterocycles. The van der Waals surface area contributed by atoms with E-state index in [2.05, 4.69) is 74.7 Å². The summed E-state index contributed by atoms with van der Waals surface area (Å²) in [5, 5.41) is 23.8. The number of rotatable bonds is 46. The van der Waals surface area contributed by atoms with Gasteiger partial charge in [-0.1, -0.05) is 217 Å². The summed E-state index contributed by atoms with van der Waals surface area (Å²) < 4.78 is 5.90. The van der Waals surface area contributed by atoms with Crippen LogP contribution in [0.2, 0.25) is 0 Å². The Kier molecular flexibility index (Phi) is 46.1. The summed E-state index contributed by atoms with van der Waals surface area (Å²) in [4.78, 5) is 26.1. The van der Waals surface area contributed by atoms with Gasteiger partial charge in [-0.25, -0.2) is 0 Å². The van der Waals surface area contributed by atoms with Gasteiger partial charge in [-0.05, 0) is 77.0 Å². The molecule has 3 N–H and O–H groups in total. The minimum atomic E-state index is -0.793. The number of aliphatic hydroxyl groups is 2. The van der Waals surface area contributed by atoms with Gasteiger partial charge in [-0.2, -0.15) is 0 Å². The first kappa shape index (κ1) is 57.8. The van der Waals surface area contributed by atoms with Crippen molar-refractivity contribution in [3.8, 4) is 0 Å². The van der Waals surface area contributed by atoms with E-state index < -0.39 is 18.2 Å². The highest BCUT2D eigenvalue weighted by molar-refractivity contribution is 5.77. The van der Waals surface area contributed by atoms with Crippen LogP contribution in [0.3, 0.4) is 0 Å². The van der Waals surface area contributed by atoms with Crippen molar-refractivity contribution >= 4 is 11.9 Å². The van der Waals surface area contributed by atoms with Crippen molar-refractivity contribution in [3.63, 3.8) is 0 Å². The molecule has 0 aromatic heterocycles. The number of unbranched alkanes of at least 4 members (excludes halogenated alkanes) is 26. The normalized spacial score (nSPS) is 13.6. The quantitative estimate of drug-likeness (QED) is 0.0322. The van der Waals surface area contributed by atoms with Crippen molar-refractivity contribution in [2.45, 2.75) is 277 Å². The van der Waals surface area contributed by atoms with Crippen molar-refractivity contribution in [2.75, 3.05) is 6.61 Å². The van der Waals surface area contributed by atoms with E-state index in [0.717, 1.165) is 96.3 Å². The lowest BCUT2D eigenvalue weighted by Gasteiger charge is -2.24. The minimum absolute atomic E-state index is 0.0615. The lowest BCUT2D eigenvalue weighted by molar-refractivity contribution is -0.151. The Balaban J connectivity index is 4.45. The maximum absolute atomic E-state index is 13.2. The Morgan fingerprint density at radius 2 is 0.917 bits per heavy atom. The van der Waals surface area contributed by atoms with Crippen LogP contribution < -0.4 is 5.32 Å². The fourth-order valence-corrected chi connectivity index (χ4v) is 7.72. The van der Waals surface area contributed by atoms with Crippen molar-refractivity contribution < 1.29 is 24.5 Å². The van der Waals surface area contributed by atoms with Gasteiger partial charge in [0.25, 0.3) is 0 Å². The maximum Gasteiger partial charge on any atom is 0.306 e. The number of amides is 1. The molecule has 0 rings (SSSR count). The van der Waals surface area contributed by atoms with Crippen LogP contribution in [0, 0.1) is 0 Å². The van der Waals surface area contributed by atoms with Gasteiger partial charge in [0.15, 0.2) is 0 Å². The number of esters is 1. The highest BCUT2D eigenvalue weighted by atomic mass is 16.5. The first-order chi connectivity index (χ1) is 29.5. The number of hydrogen-bond acceptors (Lipinski definition) is 5. The van der Waals surface area contributed by atoms with Gasteiger partial charge < -0.3 is 20.3 Å². The smallest absolute Gasteiger partial charge is 0.306 e. The molecule has 0 bridgehead atoms. The summed E-state index contributed by atoms with van der Waals surface area (Å²) in [6.45, 7) is 6.33. The molecule has 6 nitrogen and oxygen atoms in total. The van der Waals surface area contributed by atoms with Crippen molar-refractivity contribution in [1.82, 2.24) is 5.32 Å². The molecular weight excluding hydrogens is 743 g/mol. The molecule has 0 saturated carbocycles. The zero-order valence-electron chi connectivity index (χ0n) is 39.8.